The summed E-state index contributed by atoms with van der Waals surface area (Å²) < 4.78 is 0. The average molecular weight is 125 g/mol. The molecule has 1 heteroatoms. The van der Waals surface area contributed by atoms with Gasteiger partial charge in [0.2, 0.25) is 0 Å². The summed E-state index contributed by atoms with van der Waals surface area (Å²) in [5.41, 5.74) is 0.625. The van der Waals surface area contributed by atoms with Gasteiger partial charge in [-0.15, -0.1) is 0 Å². The number of rotatable bonds is 1. The summed E-state index contributed by atoms with van der Waals surface area (Å²) >= 11 is 0. The van der Waals surface area contributed by atoms with Crippen molar-refractivity contribution in [3.63, 3.8) is 0 Å². The molecule has 1 aliphatic carbocycles. The topological polar surface area (TPSA) is 12.0 Å². The lowest BCUT2D eigenvalue weighted by atomic mass is 9.77. The molecule has 1 nitrogen and oxygen atoms in total. The van der Waals surface area contributed by atoms with Crippen LogP contribution in [0.25, 0.3) is 0 Å². The van der Waals surface area contributed by atoms with Gasteiger partial charge in [-0.3, -0.25) is 0 Å². The fourth-order valence-corrected chi connectivity index (χ4v) is 2.46. The van der Waals surface area contributed by atoms with E-state index in [1.54, 1.807) is 0 Å². The molecule has 2 rings (SSSR count). The van der Waals surface area contributed by atoms with E-state index in [0.29, 0.717) is 5.54 Å². The first-order chi connectivity index (χ1) is 4.37. The maximum atomic E-state index is 3.57. The summed E-state index contributed by atoms with van der Waals surface area (Å²) in [5.74, 6) is 1.04. The van der Waals surface area contributed by atoms with Gasteiger partial charge >= 0.3 is 0 Å². The highest BCUT2D eigenvalue weighted by molar-refractivity contribution is 5.06. The maximum Gasteiger partial charge on any atom is 0.0219 e. The molecule has 2 aliphatic rings. The average Bonchev–Trinajstić information content (AvgIpc) is 2.10. The zero-order chi connectivity index (χ0) is 6.32. The second-order valence-electron chi connectivity index (χ2n) is 3.48. The van der Waals surface area contributed by atoms with Gasteiger partial charge in [0.25, 0.3) is 0 Å². The number of fused-ring (bicyclic) bond motifs is 1. The highest BCUT2D eigenvalue weighted by Crippen LogP contribution is 2.43. The van der Waals surface area contributed by atoms with Gasteiger partial charge in [0.05, 0.1) is 0 Å². The van der Waals surface area contributed by atoms with E-state index in [-0.39, 0.29) is 0 Å². The SMILES string of the molecule is CC[C@]12CCC[C@H]1CN2. The number of nitrogens with one attached hydrogen (secondary N) is 1. The zero-order valence-corrected chi connectivity index (χ0v) is 6.11. The third-order valence-corrected chi connectivity index (χ3v) is 3.29. The molecule has 1 heterocycles. The first-order valence-corrected chi connectivity index (χ1v) is 4.12. The van der Waals surface area contributed by atoms with Crippen molar-refractivity contribution in [3.05, 3.63) is 0 Å². The van der Waals surface area contributed by atoms with Gasteiger partial charge in [0.15, 0.2) is 0 Å². The van der Waals surface area contributed by atoms with Crippen molar-refractivity contribution in [2.75, 3.05) is 6.54 Å². The van der Waals surface area contributed by atoms with Crippen molar-refractivity contribution in [2.24, 2.45) is 5.92 Å². The predicted octanol–water partition coefficient (Wildman–Crippen LogP) is 1.54. The van der Waals surface area contributed by atoms with Crippen molar-refractivity contribution in [2.45, 2.75) is 38.1 Å². The van der Waals surface area contributed by atoms with Crippen molar-refractivity contribution in [1.29, 1.82) is 0 Å². The van der Waals surface area contributed by atoms with Crippen LogP contribution in [0.2, 0.25) is 0 Å². The van der Waals surface area contributed by atoms with Gasteiger partial charge in [-0.05, 0) is 25.2 Å². The Hall–Kier alpha value is -0.0400. The Morgan fingerprint density at radius 2 is 2.56 bits per heavy atom. The monoisotopic (exact) mass is 125 g/mol. The highest BCUT2D eigenvalue weighted by Gasteiger charge is 2.47. The largest absolute Gasteiger partial charge is 0.311 e. The van der Waals surface area contributed by atoms with Gasteiger partial charge in [0, 0.05) is 12.1 Å². The molecule has 0 aromatic heterocycles. The predicted molar refractivity (Wildman–Crippen MR) is 38.4 cm³/mol. The summed E-state index contributed by atoms with van der Waals surface area (Å²) in [5, 5.41) is 3.57. The summed E-state index contributed by atoms with van der Waals surface area (Å²) in [7, 11) is 0. The smallest absolute Gasteiger partial charge is 0.0219 e. The summed E-state index contributed by atoms with van der Waals surface area (Å²) in [6, 6.07) is 0. The van der Waals surface area contributed by atoms with Crippen molar-refractivity contribution in [3.8, 4) is 0 Å². The van der Waals surface area contributed by atoms with Crippen LogP contribution < -0.4 is 5.32 Å². The van der Waals surface area contributed by atoms with Crippen LogP contribution in [-0.4, -0.2) is 12.1 Å². The molecule has 2 atom stereocenters. The molecule has 0 bridgehead atoms. The van der Waals surface area contributed by atoms with E-state index < -0.39 is 0 Å². The Labute approximate surface area is 56.8 Å². The van der Waals surface area contributed by atoms with Crippen LogP contribution in [0.1, 0.15) is 32.6 Å². The van der Waals surface area contributed by atoms with E-state index in [1.165, 1.54) is 32.2 Å². The van der Waals surface area contributed by atoms with Crippen molar-refractivity contribution >= 4 is 0 Å². The van der Waals surface area contributed by atoms with E-state index in [2.05, 4.69) is 12.2 Å². The van der Waals surface area contributed by atoms with Gasteiger partial charge < -0.3 is 5.32 Å². The standard InChI is InChI=1S/C8H15N/c1-2-8-5-3-4-7(8)6-9-8/h7,9H,2-6H2,1H3/t7-,8-/m0/s1. The second-order valence-corrected chi connectivity index (χ2v) is 3.48. The van der Waals surface area contributed by atoms with Crippen LogP contribution in [0.5, 0.6) is 0 Å². The molecule has 0 unspecified atom stereocenters. The normalized spacial score (nSPS) is 48.3. The second kappa shape index (κ2) is 1.72. The quantitative estimate of drug-likeness (QED) is 0.560. The summed E-state index contributed by atoms with van der Waals surface area (Å²) in [6.07, 6.45) is 5.73. The molecule has 1 N–H and O–H groups in total. The minimum atomic E-state index is 0.625. The maximum absolute atomic E-state index is 3.57. The Bertz CT molecular complexity index is 118. The van der Waals surface area contributed by atoms with E-state index >= 15 is 0 Å². The fourth-order valence-electron chi connectivity index (χ4n) is 2.46. The van der Waals surface area contributed by atoms with Crippen LogP contribution in [0.3, 0.4) is 0 Å². The van der Waals surface area contributed by atoms with Gasteiger partial charge in [-0.2, -0.15) is 0 Å². The fraction of sp³-hybridized carbons (Fsp3) is 1.00. The molecule has 9 heavy (non-hydrogen) atoms. The molecule has 0 amide bonds. The molecule has 1 aliphatic heterocycles. The minimum absolute atomic E-state index is 0.625. The Morgan fingerprint density at radius 3 is 2.89 bits per heavy atom. The lowest BCUT2D eigenvalue weighted by Crippen LogP contribution is -2.61. The molecular formula is C8H15N. The number of hydrogen-bond donors (Lipinski definition) is 1. The Morgan fingerprint density at radius 1 is 1.67 bits per heavy atom. The van der Waals surface area contributed by atoms with Crippen LogP contribution >= 0.6 is 0 Å². The molecule has 0 spiro atoms. The minimum Gasteiger partial charge on any atom is -0.311 e. The van der Waals surface area contributed by atoms with Crippen molar-refractivity contribution < 1.29 is 0 Å². The van der Waals surface area contributed by atoms with Crippen LogP contribution in [0.15, 0.2) is 0 Å². The molecule has 1 saturated heterocycles. The first kappa shape index (κ1) is 5.72. The third-order valence-electron chi connectivity index (χ3n) is 3.29. The molecule has 0 aromatic carbocycles. The lowest BCUT2D eigenvalue weighted by molar-refractivity contribution is 0.130. The highest BCUT2D eigenvalue weighted by atomic mass is 15.1. The van der Waals surface area contributed by atoms with E-state index in [0.717, 1.165) is 5.92 Å². The molecule has 2 fully saturated rings. The van der Waals surface area contributed by atoms with Gasteiger partial charge in [-0.25, -0.2) is 0 Å². The van der Waals surface area contributed by atoms with Gasteiger partial charge in [0.1, 0.15) is 0 Å². The molecule has 0 aromatic rings. The van der Waals surface area contributed by atoms with Crippen LogP contribution in [0, 0.1) is 5.92 Å². The Balaban J connectivity index is 2.10. The number of hydrogen-bond acceptors (Lipinski definition) is 1. The summed E-state index contributed by atoms with van der Waals surface area (Å²) in [6.45, 7) is 3.61. The molecule has 0 radical (unpaired) electrons. The third kappa shape index (κ3) is 0.586. The van der Waals surface area contributed by atoms with E-state index in [1.807, 2.05) is 0 Å². The Kier molecular flexibility index (Phi) is 1.10. The molecule has 1 saturated carbocycles. The summed E-state index contributed by atoms with van der Waals surface area (Å²) in [4.78, 5) is 0. The molecular weight excluding hydrogens is 110 g/mol. The van der Waals surface area contributed by atoms with Crippen molar-refractivity contribution in [1.82, 2.24) is 5.32 Å². The lowest BCUT2D eigenvalue weighted by Gasteiger charge is -2.46. The zero-order valence-electron chi connectivity index (χ0n) is 6.11. The first-order valence-electron chi connectivity index (χ1n) is 4.12. The van der Waals surface area contributed by atoms with E-state index in [4.69, 9.17) is 0 Å². The van der Waals surface area contributed by atoms with E-state index in [9.17, 15) is 0 Å². The van der Waals surface area contributed by atoms with Gasteiger partial charge in [-0.1, -0.05) is 13.3 Å². The van der Waals surface area contributed by atoms with Crippen LogP contribution in [0.4, 0.5) is 0 Å². The van der Waals surface area contributed by atoms with Crippen LogP contribution in [-0.2, 0) is 0 Å². The molecule has 52 valence electrons.